The molecule has 32 heavy (non-hydrogen) atoms. The summed E-state index contributed by atoms with van der Waals surface area (Å²) >= 11 is 0. The van der Waals surface area contributed by atoms with E-state index in [1.54, 1.807) is 18.3 Å². The van der Waals surface area contributed by atoms with Gasteiger partial charge in [0.25, 0.3) is 0 Å². The van der Waals surface area contributed by atoms with E-state index in [1.165, 1.54) is 35.0 Å². The van der Waals surface area contributed by atoms with Crippen LogP contribution in [0.3, 0.4) is 0 Å². The number of pyridine rings is 2. The first-order valence-corrected chi connectivity index (χ1v) is 10.0. The number of aromatic nitrogens is 2. The van der Waals surface area contributed by atoms with Gasteiger partial charge in [-0.15, -0.1) is 0 Å². The van der Waals surface area contributed by atoms with Crippen molar-refractivity contribution in [1.29, 1.82) is 0 Å². The number of aryl methyl sites for hydroxylation is 1. The minimum absolute atomic E-state index is 0.0617. The summed E-state index contributed by atoms with van der Waals surface area (Å²) < 4.78 is 30.1. The van der Waals surface area contributed by atoms with Crippen LogP contribution in [0.1, 0.15) is 34.1 Å². The number of halogens is 2. The highest BCUT2D eigenvalue weighted by Crippen LogP contribution is 2.34. The Kier molecular flexibility index (Phi) is 4.70. The van der Waals surface area contributed by atoms with Crippen LogP contribution in [-0.4, -0.2) is 20.6 Å². The number of aromatic carboxylic acids is 1. The van der Waals surface area contributed by atoms with E-state index in [0.717, 1.165) is 17.4 Å². The maximum absolute atomic E-state index is 15.2. The van der Waals surface area contributed by atoms with Crippen molar-refractivity contribution >= 4 is 22.6 Å². The molecule has 0 amide bonds. The summed E-state index contributed by atoms with van der Waals surface area (Å²) in [5.41, 5.74) is 1.58. The van der Waals surface area contributed by atoms with Gasteiger partial charge < -0.3 is 15.0 Å². The number of fused-ring (bicyclic) bond motifs is 2. The van der Waals surface area contributed by atoms with Gasteiger partial charge in [-0.1, -0.05) is 0 Å². The Morgan fingerprint density at radius 3 is 2.69 bits per heavy atom. The fourth-order valence-electron chi connectivity index (χ4n) is 4.14. The van der Waals surface area contributed by atoms with Crippen molar-refractivity contribution in [3.05, 3.63) is 99.6 Å². The van der Waals surface area contributed by atoms with Crippen LogP contribution in [0.15, 0.2) is 65.7 Å². The molecule has 0 bridgehead atoms. The summed E-state index contributed by atoms with van der Waals surface area (Å²) in [6, 6.07) is 11.4. The maximum Gasteiger partial charge on any atom is 0.341 e. The smallest absolute Gasteiger partial charge is 0.341 e. The molecule has 1 aliphatic rings. The highest BCUT2D eigenvalue weighted by Gasteiger charge is 2.25. The second kappa shape index (κ2) is 7.56. The van der Waals surface area contributed by atoms with Crippen LogP contribution in [0, 0.1) is 11.6 Å². The number of hydrogen-bond acceptors (Lipinski definition) is 4. The Labute approximate surface area is 180 Å². The molecule has 0 fully saturated rings. The highest BCUT2D eigenvalue weighted by atomic mass is 19.1. The summed E-state index contributed by atoms with van der Waals surface area (Å²) in [5.74, 6) is -2.48. The third kappa shape index (κ3) is 3.30. The van der Waals surface area contributed by atoms with Gasteiger partial charge in [0, 0.05) is 29.0 Å². The lowest BCUT2D eigenvalue weighted by atomic mass is 9.94. The molecule has 3 heterocycles. The van der Waals surface area contributed by atoms with E-state index >= 15 is 4.39 Å². The second-order valence-electron chi connectivity index (χ2n) is 7.65. The molecule has 0 saturated carbocycles. The second-order valence-corrected chi connectivity index (χ2v) is 7.65. The third-order valence-corrected chi connectivity index (χ3v) is 5.72. The van der Waals surface area contributed by atoms with Crippen molar-refractivity contribution < 1.29 is 18.7 Å². The fraction of sp³-hybridized carbons (Fsp3) is 0.125. The minimum Gasteiger partial charge on any atom is -0.477 e. The number of rotatable bonds is 3. The van der Waals surface area contributed by atoms with E-state index in [9.17, 15) is 19.1 Å². The molecular weight excluding hydrogens is 416 g/mol. The van der Waals surface area contributed by atoms with Gasteiger partial charge in [-0.3, -0.25) is 9.78 Å². The molecule has 0 saturated heterocycles. The molecule has 2 N–H and O–H groups in total. The molecule has 5 rings (SSSR count). The van der Waals surface area contributed by atoms with E-state index < -0.39 is 28.6 Å². The molecule has 160 valence electrons. The van der Waals surface area contributed by atoms with Crippen LogP contribution in [-0.2, 0) is 6.42 Å². The van der Waals surface area contributed by atoms with Crippen molar-refractivity contribution in [2.24, 2.45) is 0 Å². The maximum atomic E-state index is 15.2. The van der Waals surface area contributed by atoms with Gasteiger partial charge in [0.2, 0.25) is 5.43 Å². The molecule has 1 unspecified atom stereocenters. The first-order chi connectivity index (χ1) is 15.4. The number of hydrogen-bond donors (Lipinski definition) is 2. The first kappa shape index (κ1) is 19.9. The summed E-state index contributed by atoms with van der Waals surface area (Å²) in [5, 5.41) is 12.7. The van der Waals surface area contributed by atoms with Crippen LogP contribution in [0.25, 0.3) is 16.6 Å². The van der Waals surface area contributed by atoms with Crippen LogP contribution < -0.4 is 10.7 Å². The van der Waals surface area contributed by atoms with E-state index in [1.807, 2.05) is 6.07 Å². The molecule has 4 aromatic rings. The first-order valence-electron chi connectivity index (χ1n) is 10.0. The molecule has 0 spiro atoms. The molecule has 2 aromatic heterocycles. The Bertz CT molecular complexity index is 1430. The standard InChI is InChI=1S/C24H17F2N3O3/c25-13-3-5-14(6-4-13)29-12-17(24(31)32)23(30)16-10-18(26)15(11-22(16)29)19-7-8-20-21(28-19)2-1-9-27-20/h1-6,9-12,19,28H,7-8H2,(H,31,32). The summed E-state index contributed by atoms with van der Waals surface area (Å²) in [4.78, 5) is 28.7. The van der Waals surface area contributed by atoms with Gasteiger partial charge in [0.15, 0.2) is 0 Å². The van der Waals surface area contributed by atoms with Crippen molar-refractivity contribution in [1.82, 2.24) is 9.55 Å². The van der Waals surface area contributed by atoms with Crippen molar-refractivity contribution in [2.45, 2.75) is 18.9 Å². The molecule has 8 heteroatoms. The molecular formula is C24H17F2N3O3. The average Bonchev–Trinajstić information content (AvgIpc) is 2.79. The highest BCUT2D eigenvalue weighted by molar-refractivity contribution is 5.93. The SMILES string of the molecule is O=C(O)c1cn(-c2ccc(F)cc2)c2cc(C3CCc4ncccc4N3)c(F)cc2c1=O. The fourth-order valence-corrected chi connectivity index (χ4v) is 4.14. The van der Waals surface area contributed by atoms with E-state index in [0.29, 0.717) is 29.6 Å². The lowest BCUT2D eigenvalue weighted by Crippen LogP contribution is -2.22. The number of carbonyl (C=O) groups is 1. The quantitative estimate of drug-likeness (QED) is 0.498. The molecule has 0 radical (unpaired) electrons. The third-order valence-electron chi connectivity index (χ3n) is 5.72. The van der Waals surface area contributed by atoms with E-state index in [2.05, 4.69) is 10.3 Å². The molecule has 1 atom stereocenters. The summed E-state index contributed by atoms with van der Waals surface area (Å²) in [7, 11) is 0. The number of anilines is 1. The molecule has 1 aliphatic heterocycles. The topological polar surface area (TPSA) is 84.2 Å². The zero-order valence-electron chi connectivity index (χ0n) is 16.7. The summed E-state index contributed by atoms with van der Waals surface area (Å²) in [6.07, 6.45) is 4.16. The monoisotopic (exact) mass is 433 g/mol. The van der Waals surface area contributed by atoms with Crippen LogP contribution >= 0.6 is 0 Å². The van der Waals surface area contributed by atoms with Crippen molar-refractivity contribution in [3.63, 3.8) is 0 Å². The van der Waals surface area contributed by atoms with Gasteiger partial charge in [-0.05, 0) is 61.4 Å². The normalized spacial score (nSPS) is 15.2. The zero-order valence-corrected chi connectivity index (χ0v) is 16.7. The number of benzene rings is 2. The van der Waals surface area contributed by atoms with Crippen LogP contribution in [0.4, 0.5) is 14.5 Å². The van der Waals surface area contributed by atoms with Gasteiger partial charge in [0.05, 0.1) is 22.9 Å². The van der Waals surface area contributed by atoms with E-state index in [-0.39, 0.29) is 11.4 Å². The van der Waals surface area contributed by atoms with Gasteiger partial charge in [0.1, 0.15) is 17.2 Å². The molecule has 0 aliphatic carbocycles. The number of nitrogens with zero attached hydrogens (tertiary/aromatic N) is 2. The average molecular weight is 433 g/mol. The number of carboxylic acid groups (broad SMARTS) is 1. The van der Waals surface area contributed by atoms with Gasteiger partial charge in [-0.2, -0.15) is 0 Å². The Morgan fingerprint density at radius 1 is 1.16 bits per heavy atom. The van der Waals surface area contributed by atoms with Crippen molar-refractivity contribution in [2.75, 3.05) is 5.32 Å². The Hall–Kier alpha value is -4.07. The van der Waals surface area contributed by atoms with Crippen LogP contribution in [0.5, 0.6) is 0 Å². The van der Waals surface area contributed by atoms with Gasteiger partial charge in [-0.25, -0.2) is 13.6 Å². The summed E-state index contributed by atoms with van der Waals surface area (Å²) in [6.45, 7) is 0. The predicted molar refractivity (Wildman–Crippen MR) is 115 cm³/mol. The largest absolute Gasteiger partial charge is 0.477 e. The predicted octanol–water partition coefficient (Wildman–Crippen LogP) is 4.46. The van der Waals surface area contributed by atoms with Crippen molar-refractivity contribution in [3.8, 4) is 5.69 Å². The van der Waals surface area contributed by atoms with Crippen LogP contribution in [0.2, 0.25) is 0 Å². The molecule has 6 nitrogen and oxygen atoms in total. The molecule has 2 aromatic carbocycles. The number of nitrogens with one attached hydrogen (secondary N) is 1. The lowest BCUT2D eigenvalue weighted by Gasteiger charge is -2.27. The zero-order chi connectivity index (χ0) is 22.4. The van der Waals surface area contributed by atoms with Gasteiger partial charge >= 0.3 is 5.97 Å². The van der Waals surface area contributed by atoms with E-state index in [4.69, 9.17) is 0 Å². The Morgan fingerprint density at radius 2 is 1.94 bits per heavy atom. The Balaban J connectivity index is 1.72. The minimum atomic E-state index is -1.42. The lowest BCUT2D eigenvalue weighted by molar-refractivity contribution is 0.0695. The number of carboxylic acids is 1.